The number of imide groups is 1. The van der Waals surface area contributed by atoms with Crippen LogP contribution < -0.4 is 15.5 Å². The first-order valence-corrected chi connectivity index (χ1v) is 11.0. The Kier molecular flexibility index (Phi) is 5.47. The Bertz CT molecular complexity index is 1310. The maximum atomic E-state index is 13.2. The molecule has 0 saturated carbocycles. The molecule has 3 heterocycles. The zero-order chi connectivity index (χ0) is 24.6. The monoisotopic (exact) mass is 474 g/mol. The van der Waals surface area contributed by atoms with Crippen LogP contribution in [0.3, 0.4) is 0 Å². The highest BCUT2D eigenvalue weighted by atomic mass is 16.2. The van der Waals surface area contributed by atoms with Gasteiger partial charge in [0.2, 0.25) is 11.8 Å². The first-order valence-electron chi connectivity index (χ1n) is 11.0. The van der Waals surface area contributed by atoms with Crippen molar-refractivity contribution in [3.8, 4) is 5.69 Å². The van der Waals surface area contributed by atoms with Gasteiger partial charge in [0, 0.05) is 24.3 Å². The van der Waals surface area contributed by atoms with Crippen molar-refractivity contribution in [2.75, 3.05) is 23.3 Å². The molecule has 2 saturated heterocycles. The third kappa shape index (κ3) is 4.09. The van der Waals surface area contributed by atoms with Crippen LogP contribution in [0.1, 0.15) is 25.3 Å². The van der Waals surface area contributed by atoms with Crippen LogP contribution in [0.15, 0.2) is 54.9 Å². The van der Waals surface area contributed by atoms with E-state index in [1.165, 1.54) is 11.0 Å². The lowest BCUT2D eigenvalue weighted by molar-refractivity contribution is -0.133. The molecule has 0 spiro atoms. The Morgan fingerprint density at radius 2 is 1.91 bits per heavy atom. The molecular formula is C23H22N8O4. The smallest absolute Gasteiger partial charge is 0.325 e. The van der Waals surface area contributed by atoms with Gasteiger partial charge in [-0.1, -0.05) is 12.1 Å². The fourth-order valence-electron chi connectivity index (χ4n) is 4.27. The topological polar surface area (TPSA) is 142 Å². The number of benzene rings is 2. The lowest BCUT2D eigenvalue weighted by Crippen LogP contribution is -2.42. The third-order valence-corrected chi connectivity index (χ3v) is 6.15. The van der Waals surface area contributed by atoms with Crippen molar-refractivity contribution in [2.45, 2.75) is 25.3 Å². The number of amides is 5. The quantitative estimate of drug-likeness (QED) is 0.511. The Morgan fingerprint density at radius 3 is 2.60 bits per heavy atom. The molecule has 1 atom stereocenters. The third-order valence-electron chi connectivity index (χ3n) is 6.15. The molecule has 3 aromatic rings. The molecule has 12 nitrogen and oxygen atoms in total. The van der Waals surface area contributed by atoms with Crippen molar-refractivity contribution in [3.63, 3.8) is 0 Å². The van der Waals surface area contributed by atoms with E-state index >= 15 is 0 Å². The highest BCUT2D eigenvalue weighted by Crippen LogP contribution is 2.30. The number of tetrazole rings is 1. The lowest BCUT2D eigenvalue weighted by atomic mass is 9.91. The summed E-state index contributed by atoms with van der Waals surface area (Å²) in [7, 11) is 0. The van der Waals surface area contributed by atoms with Crippen LogP contribution in [0.2, 0.25) is 0 Å². The molecule has 5 amide bonds. The van der Waals surface area contributed by atoms with Gasteiger partial charge < -0.3 is 15.5 Å². The number of nitrogens with zero attached hydrogens (tertiary/aromatic N) is 6. The Hall–Kier alpha value is -4.61. The fourth-order valence-corrected chi connectivity index (χ4v) is 4.27. The van der Waals surface area contributed by atoms with E-state index in [0.29, 0.717) is 29.9 Å². The Labute approximate surface area is 199 Å². The summed E-state index contributed by atoms with van der Waals surface area (Å²) in [5.41, 5.74) is 1.05. The van der Waals surface area contributed by atoms with Crippen LogP contribution >= 0.6 is 0 Å². The highest BCUT2D eigenvalue weighted by Gasteiger charge is 2.49. The van der Waals surface area contributed by atoms with Gasteiger partial charge in [-0.25, -0.2) is 9.48 Å². The van der Waals surface area contributed by atoms with E-state index in [-0.39, 0.29) is 5.91 Å². The number of urea groups is 1. The van der Waals surface area contributed by atoms with Crippen molar-refractivity contribution >= 4 is 35.1 Å². The summed E-state index contributed by atoms with van der Waals surface area (Å²) in [5.74, 6) is -0.994. The summed E-state index contributed by atoms with van der Waals surface area (Å²) in [6, 6.07) is 13.1. The minimum atomic E-state index is -1.36. The second-order valence-corrected chi connectivity index (χ2v) is 8.50. The van der Waals surface area contributed by atoms with Crippen molar-refractivity contribution in [1.29, 1.82) is 0 Å². The largest absolute Gasteiger partial charge is 0.325 e. The first-order chi connectivity index (χ1) is 16.8. The molecule has 0 bridgehead atoms. The molecule has 1 unspecified atom stereocenters. The summed E-state index contributed by atoms with van der Waals surface area (Å²) in [5, 5.41) is 16.4. The number of nitrogens with one attached hydrogen (secondary N) is 2. The molecule has 12 heteroatoms. The van der Waals surface area contributed by atoms with Crippen molar-refractivity contribution < 1.29 is 19.2 Å². The lowest BCUT2D eigenvalue weighted by Gasteiger charge is -2.22. The van der Waals surface area contributed by atoms with Crippen molar-refractivity contribution in [3.05, 3.63) is 60.4 Å². The second-order valence-electron chi connectivity index (χ2n) is 8.50. The first kappa shape index (κ1) is 22.2. The molecule has 178 valence electrons. The molecule has 1 aromatic heterocycles. The molecule has 2 fully saturated rings. The average molecular weight is 474 g/mol. The number of rotatable bonds is 6. The number of anilines is 2. The summed E-state index contributed by atoms with van der Waals surface area (Å²) >= 11 is 0. The molecule has 2 aliphatic heterocycles. The molecule has 2 aliphatic rings. The van der Waals surface area contributed by atoms with Gasteiger partial charge in [0.1, 0.15) is 18.4 Å². The van der Waals surface area contributed by atoms with Crippen LogP contribution in [0, 0.1) is 0 Å². The molecule has 35 heavy (non-hydrogen) atoms. The molecule has 5 rings (SSSR count). The van der Waals surface area contributed by atoms with Crippen LogP contribution in [0.4, 0.5) is 16.2 Å². The Morgan fingerprint density at radius 1 is 1.11 bits per heavy atom. The summed E-state index contributed by atoms with van der Waals surface area (Å²) in [4.78, 5) is 53.0. The minimum absolute atomic E-state index is 0.0758. The van der Waals surface area contributed by atoms with Crippen molar-refractivity contribution in [2.24, 2.45) is 0 Å². The van der Waals surface area contributed by atoms with Gasteiger partial charge in [0.05, 0.1) is 5.69 Å². The standard InChI is InChI=1S/C23H22N8O4/c1-23(15-4-2-5-18(12-15)31-14-24-27-28-31)21(34)30(22(35)26-23)13-19(32)25-16-7-9-17(10-8-16)29-11-3-6-20(29)33/h2,4-5,7-10,12,14H,3,6,11,13H2,1H3,(H,25,32)(H,26,35). The summed E-state index contributed by atoms with van der Waals surface area (Å²) in [6.07, 6.45) is 2.78. The average Bonchev–Trinajstić information content (AvgIpc) is 3.58. The van der Waals surface area contributed by atoms with Gasteiger partial charge in [0.25, 0.3) is 5.91 Å². The molecule has 2 N–H and O–H groups in total. The Balaban J connectivity index is 1.27. The predicted molar refractivity (Wildman–Crippen MR) is 123 cm³/mol. The maximum Gasteiger partial charge on any atom is 0.325 e. The van der Waals surface area contributed by atoms with E-state index in [1.807, 2.05) is 0 Å². The van der Waals surface area contributed by atoms with Gasteiger partial charge in [-0.15, -0.1) is 5.10 Å². The molecule has 2 aromatic carbocycles. The van der Waals surface area contributed by atoms with E-state index in [4.69, 9.17) is 0 Å². The normalized spacial score (nSPS) is 19.9. The predicted octanol–water partition coefficient (Wildman–Crippen LogP) is 1.19. The fraction of sp³-hybridized carbons (Fsp3) is 0.261. The van der Waals surface area contributed by atoms with Crippen molar-refractivity contribution in [1.82, 2.24) is 30.4 Å². The SMILES string of the molecule is CC1(c2cccc(-n3cnnn3)c2)NC(=O)N(CC(=O)Nc2ccc(N3CCCC3=O)cc2)C1=O. The number of carbonyl (C=O) groups excluding carboxylic acids is 4. The van der Waals surface area contributed by atoms with E-state index in [2.05, 4.69) is 26.2 Å². The van der Waals surface area contributed by atoms with Crippen LogP contribution in [-0.2, 0) is 19.9 Å². The van der Waals surface area contributed by atoms with Gasteiger partial charge in [-0.3, -0.25) is 19.3 Å². The van der Waals surface area contributed by atoms with Gasteiger partial charge in [-0.05, 0) is 65.7 Å². The van der Waals surface area contributed by atoms with Crippen LogP contribution in [0.25, 0.3) is 5.69 Å². The minimum Gasteiger partial charge on any atom is -0.325 e. The van der Waals surface area contributed by atoms with E-state index in [0.717, 1.165) is 17.0 Å². The van der Waals surface area contributed by atoms with Gasteiger partial charge in [0.15, 0.2) is 0 Å². The van der Waals surface area contributed by atoms with E-state index < -0.39 is 29.9 Å². The molecule has 0 radical (unpaired) electrons. The highest BCUT2D eigenvalue weighted by molar-refractivity contribution is 6.10. The zero-order valence-corrected chi connectivity index (χ0v) is 18.8. The zero-order valence-electron chi connectivity index (χ0n) is 18.8. The van der Waals surface area contributed by atoms with Gasteiger partial charge in [-0.2, -0.15) is 0 Å². The number of carbonyl (C=O) groups is 4. The number of aromatic nitrogens is 4. The number of hydrogen-bond donors (Lipinski definition) is 2. The molecular weight excluding hydrogens is 452 g/mol. The van der Waals surface area contributed by atoms with Gasteiger partial charge >= 0.3 is 6.03 Å². The van der Waals surface area contributed by atoms with E-state index in [1.54, 1.807) is 60.4 Å². The van der Waals surface area contributed by atoms with Crippen LogP contribution in [-0.4, -0.2) is 61.9 Å². The number of hydrogen-bond acceptors (Lipinski definition) is 7. The maximum absolute atomic E-state index is 13.2. The second kappa shape index (κ2) is 8.63. The van der Waals surface area contributed by atoms with Crippen LogP contribution in [0.5, 0.6) is 0 Å². The van der Waals surface area contributed by atoms with E-state index in [9.17, 15) is 19.2 Å². The molecule has 0 aliphatic carbocycles. The summed E-state index contributed by atoms with van der Waals surface area (Å²) < 4.78 is 1.43. The summed E-state index contributed by atoms with van der Waals surface area (Å²) in [6.45, 7) is 1.82.